The third kappa shape index (κ3) is 3.17. The number of nitrogens with two attached hydrogens (primary N) is 1. The topological polar surface area (TPSA) is 72.9 Å². The van der Waals surface area contributed by atoms with Crippen molar-refractivity contribution in [1.29, 1.82) is 0 Å². The maximum atomic E-state index is 11.1. The fourth-order valence-electron chi connectivity index (χ4n) is 2.14. The standard InChI is InChI=1S/C15H20N4O/c1-3-7-19-8-6-17-14(19)10-18-13-5-4-12(15(16)20)9-11(13)2/h4-6,8-9,18H,3,7,10H2,1-2H3,(H2,16,20). The van der Waals surface area contributed by atoms with Crippen molar-refractivity contribution in [2.24, 2.45) is 5.73 Å². The number of aryl methyl sites for hydroxylation is 2. The molecule has 0 saturated heterocycles. The summed E-state index contributed by atoms with van der Waals surface area (Å²) in [6, 6.07) is 5.40. The number of rotatable bonds is 6. The van der Waals surface area contributed by atoms with Crippen LogP contribution in [-0.4, -0.2) is 15.5 Å². The van der Waals surface area contributed by atoms with Gasteiger partial charge in [-0.3, -0.25) is 4.79 Å². The lowest BCUT2D eigenvalue weighted by atomic mass is 10.1. The molecule has 5 heteroatoms. The van der Waals surface area contributed by atoms with Crippen molar-refractivity contribution in [3.63, 3.8) is 0 Å². The zero-order valence-electron chi connectivity index (χ0n) is 11.9. The van der Waals surface area contributed by atoms with E-state index in [2.05, 4.69) is 21.8 Å². The molecule has 5 nitrogen and oxygen atoms in total. The van der Waals surface area contributed by atoms with Gasteiger partial charge in [-0.25, -0.2) is 4.98 Å². The summed E-state index contributed by atoms with van der Waals surface area (Å²) in [7, 11) is 0. The predicted molar refractivity (Wildman–Crippen MR) is 79.5 cm³/mol. The van der Waals surface area contributed by atoms with Crippen molar-refractivity contribution in [3.05, 3.63) is 47.5 Å². The maximum absolute atomic E-state index is 11.1. The highest BCUT2D eigenvalue weighted by atomic mass is 16.1. The second kappa shape index (κ2) is 6.23. The van der Waals surface area contributed by atoms with Crippen LogP contribution in [0.2, 0.25) is 0 Å². The van der Waals surface area contributed by atoms with Gasteiger partial charge in [-0.1, -0.05) is 6.92 Å². The van der Waals surface area contributed by atoms with Crippen LogP contribution < -0.4 is 11.1 Å². The van der Waals surface area contributed by atoms with Crippen LogP contribution in [0.3, 0.4) is 0 Å². The Hall–Kier alpha value is -2.30. The summed E-state index contributed by atoms with van der Waals surface area (Å²) in [4.78, 5) is 15.5. The second-order valence-corrected chi connectivity index (χ2v) is 4.78. The molecule has 3 N–H and O–H groups in total. The fourth-order valence-corrected chi connectivity index (χ4v) is 2.14. The van der Waals surface area contributed by atoms with E-state index in [1.807, 2.05) is 25.4 Å². The first-order valence-electron chi connectivity index (χ1n) is 6.76. The Bertz CT molecular complexity index is 604. The normalized spacial score (nSPS) is 10.5. The van der Waals surface area contributed by atoms with Crippen LogP contribution in [0.15, 0.2) is 30.6 Å². The number of carbonyl (C=O) groups is 1. The largest absolute Gasteiger partial charge is 0.378 e. The maximum Gasteiger partial charge on any atom is 0.248 e. The van der Waals surface area contributed by atoms with Crippen LogP contribution in [0.4, 0.5) is 5.69 Å². The fraction of sp³-hybridized carbons (Fsp3) is 0.333. The molecule has 0 saturated carbocycles. The molecule has 106 valence electrons. The van der Waals surface area contributed by atoms with E-state index >= 15 is 0 Å². The van der Waals surface area contributed by atoms with Crippen LogP contribution in [0, 0.1) is 6.92 Å². The van der Waals surface area contributed by atoms with Gasteiger partial charge in [0, 0.05) is 30.2 Å². The zero-order chi connectivity index (χ0) is 14.5. The zero-order valence-corrected chi connectivity index (χ0v) is 11.9. The van der Waals surface area contributed by atoms with Gasteiger partial charge in [-0.15, -0.1) is 0 Å². The molecule has 0 fully saturated rings. The number of anilines is 1. The number of hydrogen-bond donors (Lipinski definition) is 2. The van der Waals surface area contributed by atoms with E-state index in [9.17, 15) is 4.79 Å². The van der Waals surface area contributed by atoms with Gasteiger partial charge in [0.2, 0.25) is 5.91 Å². The molecular weight excluding hydrogens is 252 g/mol. The smallest absolute Gasteiger partial charge is 0.248 e. The molecule has 0 unspecified atom stereocenters. The van der Waals surface area contributed by atoms with Gasteiger partial charge in [0.05, 0.1) is 6.54 Å². The molecule has 1 heterocycles. The third-order valence-electron chi connectivity index (χ3n) is 3.21. The highest BCUT2D eigenvalue weighted by Gasteiger charge is 2.06. The van der Waals surface area contributed by atoms with Crippen molar-refractivity contribution < 1.29 is 4.79 Å². The van der Waals surface area contributed by atoms with E-state index in [1.165, 1.54) is 0 Å². The van der Waals surface area contributed by atoms with Crippen molar-refractivity contribution in [1.82, 2.24) is 9.55 Å². The van der Waals surface area contributed by atoms with Crippen molar-refractivity contribution in [3.8, 4) is 0 Å². The molecule has 0 atom stereocenters. The third-order valence-corrected chi connectivity index (χ3v) is 3.21. The minimum atomic E-state index is -0.405. The Morgan fingerprint density at radius 2 is 2.25 bits per heavy atom. The lowest BCUT2D eigenvalue weighted by Crippen LogP contribution is -2.12. The van der Waals surface area contributed by atoms with Gasteiger partial charge in [-0.05, 0) is 37.1 Å². The highest BCUT2D eigenvalue weighted by molar-refractivity contribution is 5.93. The summed E-state index contributed by atoms with van der Waals surface area (Å²) in [5.41, 5.74) is 7.77. The summed E-state index contributed by atoms with van der Waals surface area (Å²) in [6.07, 6.45) is 4.88. The Morgan fingerprint density at radius 3 is 2.90 bits per heavy atom. The van der Waals surface area contributed by atoms with Crippen LogP contribution >= 0.6 is 0 Å². The van der Waals surface area contributed by atoms with E-state index in [-0.39, 0.29) is 0 Å². The lowest BCUT2D eigenvalue weighted by molar-refractivity contribution is 0.1000. The average Bonchev–Trinajstić information content (AvgIpc) is 2.85. The number of nitrogens with one attached hydrogen (secondary N) is 1. The van der Waals surface area contributed by atoms with Crippen molar-refractivity contribution in [2.75, 3.05) is 5.32 Å². The van der Waals surface area contributed by atoms with E-state index in [0.717, 1.165) is 30.0 Å². The number of hydrogen-bond acceptors (Lipinski definition) is 3. The van der Waals surface area contributed by atoms with Gasteiger partial charge in [0.25, 0.3) is 0 Å². The average molecular weight is 272 g/mol. The molecule has 0 aliphatic heterocycles. The quantitative estimate of drug-likeness (QED) is 0.847. The number of imidazole rings is 1. The molecule has 0 bridgehead atoms. The predicted octanol–water partition coefficient (Wildman–Crippen LogP) is 2.31. The Morgan fingerprint density at radius 1 is 1.45 bits per heavy atom. The molecule has 0 aliphatic carbocycles. The molecule has 0 spiro atoms. The van der Waals surface area contributed by atoms with Crippen molar-refractivity contribution in [2.45, 2.75) is 33.4 Å². The van der Waals surface area contributed by atoms with E-state index in [1.54, 1.807) is 12.1 Å². The van der Waals surface area contributed by atoms with Gasteiger partial charge in [-0.2, -0.15) is 0 Å². The Kier molecular flexibility index (Phi) is 4.40. The van der Waals surface area contributed by atoms with Gasteiger partial charge < -0.3 is 15.6 Å². The molecule has 2 aromatic rings. The molecule has 20 heavy (non-hydrogen) atoms. The van der Waals surface area contributed by atoms with Crippen LogP contribution in [-0.2, 0) is 13.1 Å². The number of amides is 1. The van der Waals surface area contributed by atoms with Gasteiger partial charge in [0.1, 0.15) is 5.82 Å². The number of benzene rings is 1. The number of carbonyl (C=O) groups excluding carboxylic acids is 1. The second-order valence-electron chi connectivity index (χ2n) is 4.78. The first kappa shape index (κ1) is 14.1. The van der Waals surface area contributed by atoms with E-state index < -0.39 is 5.91 Å². The first-order valence-corrected chi connectivity index (χ1v) is 6.76. The van der Waals surface area contributed by atoms with Gasteiger partial charge >= 0.3 is 0 Å². The van der Waals surface area contributed by atoms with Crippen LogP contribution in [0.5, 0.6) is 0 Å². The summed E-state index contributed by atoms with van der Waals surface area (Å²) in [5.74, 6) is 0.600. The molecule has 2 rings (SSSR count). The SMILES string of the molecule is CCCn1ccnc1CNc1ccc(C(N)=O)cc1C. The van der Waals surface area contributed by atoms with Crippen LogP contribution in [0.1, 0.15) is 35.1 Å². The summed E-state index contributed by atoms with van der Waals surface area (Å²) < 4.78 is 2.14. The Balaban J connectivity index is 2.07. The molecule has 1 aromatic heterocycles. The summed E-state index contributed by atoms with van der Waals surface area (Å²) >= 11 is 0. The van der Waals surface area contributed by atoms with E-state index in [4.69, 9.17) is 5.73 Å². The number of nitrogens with zero attached hydrogens (tertiary/aromatic N) is 2. The molecule has 0 aliphatic rings. The highest BCUT2D eigenvalue weighted by Crippen LogP contribution is 2.17. The molecular formula is C15H20N4O. The van der Waals surface area contributed by atoms with E-state index in [0.29, 0.717) is 12.1 Å². The molecule has 1 amide bonds. The van der Waals surface area contributed by atoms with Crippen molar-refractivity contribution >= 4 is 11.6 Å². The first-order chi connectivity index (χ1) is 9.61. The Labute approximate surface area is 118 Å². The summed E-state index contributed by atoms with van der Waals surface area (Å²) in [5, 5.41) is 3.34. The summed E-state index contributed by atoms with van der Waals surface area (Å²) in [6.45, 7) is 5.72. The van der Waals surface area contributed by atoms with Crippen LogP contribution in [0.25, 0.3) is 0 Å². The number of primary amides is 1. The minimum Gasteiger partial charge on any atom is -0.378 e. The minimum absolute atomic E-state index is 0.405. The monoisotopic (exact) mass is 272 g/mol. The number of aromatic nitrogens is 2. The molecule has 0 radical (unpaired) electrons. The van der Waals surface area contributed by atoms with Gasteiger partial charge in [0.15, 0.2) is 0 Å². The molecule has 1 aromatic carbocycles. The lowest BCUT2D eigenvalue weighted by Gasteiger charge is -2.11.